The van der Waals surface area contributed by atoms with Crippen LogP contribution in [0.1, 0.15) is 13.3 Å². The Labute approximate surface area is 77.4 Å². The lowest BCUT2D eigenvalue weighted by Crippen LogP contribution is -2.26. The Kier molecular flexibility index (Phi) is 3.93. The lowest BCUT2D eigenvalue weighted by molar-refractivity contribution is -0.116. The van der Waals surface area contributed by atoms with Crippen LogP contribution in [0.2, 0.25) is 0 Å². The van der Waals surface area contributed by atoms with Crippen molar-refractivity contribution in [3.8, 4) is 0 Å². The molecule has 0 spiro atoms. The lowest BCUT2D eigenvalue weighted by atomic mass is 10.3. The highest BCUT2D eigenvalue weighted by Crippen LogP contribution is 2.11. The van der Waals surface area contributed by atoms with E-state index in [4.69, 9.17) is 0 Å². The summed E-state index contributed by atoms with van der Waals surface area (Å²) in [6.45, 7) is 1.56. The first-order valence-electron chi connectivity index (χ1n) is 3.68. The fourth-order valence-corrected chi connectivity index (χ4v) is 1.80. The molecule has 0 bridgehead atoms. The average molecular weight is 207 g/mol. The molecule has 0 saturated carbocycles. The Bertz CT molecular complexity index is 328. The van der Waals surface area contributed by atoms with Crippen molar-refractivity contribution in [3.05, 3.63) is 10.7 Å². The molecule has 0 rings (SSSR count). The van der Waals surface area contributed by atoms with Crippen LogP contribution in [0.5, 0.6) is 0 Å². The number of likely N-dealkylation sites (N-methyl/N-ethyl adjacent to an activating group) is 1. The molecule has 2 N–H and O–H groups in total. The van der Waals surface area contributed by atoms with E-state index in [1.807, 2.05) is 0 Å². The second-order valence-electron chi connectivity index (χ2n) is 2.48. The topological polar surface area (TPSA) is 83.5 Å². The van der Waals surface area contributed by atoms with Crippen molar-refractivity contribution in [2.75, 3.05) is 13.3 Å². The van der Waals surface area contributed by atoms with Gasteiger partial charge in [-0.25, -0.2) is 8.42 Å². The minimum absolute atomic E-state index is 0.107. The predicted molar refractivity (Wildman–Crippen MR) is 48.9 cm³/mol. The van der Waals surface area contributed by atoms with Gasteiger partial charge in [-0.3, -0.25) is 4.79 Å². The minimum Gasteiger partial charge on any atom is -0.511 e. The van der Waals surface area contributed by atoms with Crippen molar-refractivity contribution in [3.63, 3.8) is 0 Å². The Balaban J connectivity index is 5.38. The zero-order valence-electron chi connectivity index (χ0n) is 7.79. The molecule has 0 aromatic heterocycles. The van der Waals surface area contributed by atoms with E-state index in [2.05, 4.69) is 5.32 Å². The van der Waals surface area contributed by atoms with Gasteiger partial charge in [0.05, 0.1) is 0 Å². The summed E-state index contributed by atoms with van der Waals surface area (Å²) < 4.78 is 22.1. The first-order valence-corrected chi connectivity index (χ1v) is 5.58. The van der Waals surface area contributed by atoms with Gasteiger partial charge in [0.1, 0.15) is 5.76 Å². The minimum atomic E-state index is -3.67. The highest BCUT2D eigenvalue weighted by atomic mass is 32.2. The fourth-order valence-electron chi connectivity index (χ4n) is 0.788. The monoisotopic (exact) mass is 207 g/mol. The van der Waals surface area contributed by atoms with Gasteiger partial charge in [-0.05, 0) is 0 Å². The largest absolute Gasteiger partial charge is 0.511 e. The van der Waals surface area contributed by atoms with Crippen LogP contribution in [-0.2, 0) is 14.6 Å². The number of nitrogens with one attached hydrogen (secondary N) is 1. The van der Waals surface area contributed by atoms with Crippen LogP contribution in [-0.4, -0.2) is 32.7 Å². The molecule has 0 fully saturated rings. The molecule has 6 heteroatoms. The number of aliphatic hydroxyl groups excluding tert-OH is 1. The quantitative estimate of drug-likeness (QED) is 0.502. The van der Waals surface area contributed by atoms with Gasteiger partial charge in [0.2, 0.25) is 0 Å². The summed E-state index contributed by atoms with van der Waals surface area (Å²) in [5.74, 6) is -1.20. The zero-order chi connectivity index (χ0) is 10.6. The SMILES string of the molecule is CC/C(O)=C(\C(=O)NC)S(C)(=O)=O. The van der Waals surface area contributed by atoms with Crippen LogP contribution in [0.15, 0.2) is 10.7 Å². The van der Waals surface area contributed by atoms with Gasteiger partial charge < -0.3 is 10.4 Å². The smallest absolute Gasteiger partial charge is 0.266 e. The van der Waals surface area contributed by atoms with Crippen molar-refractivity contribution in [1.82, 2.24) is 5.32 Å². The highest BCUT2D eigenvalue weighted by Gasteiger charge is 2.23. The summed E-state index contributed by atoms with van der Waals surface area (Å²) in [6, 6.07) is 0. The lowest BCUT2D eigenvalue weighted by Gasteiger charge is -2.05. The number of allylic oxidation sites excluding steroid dienone is 1. The van der Waals surface area contributed by atoms with E-state index in [-0.39, 0.29) is 6.42 Å². The van der Waals surface area contributed by atoms with E-state index < -0.39 is 26.4 Å². The summed E-state index contributed by atoms with van der Waals surface area (Å²) in [4.78, 5) is 10.5. The fraction of sp³-hybridized carbons (Fsp3) is 0.571. The van der Waals surface area contributed by atoms with Gasteiger partial charge in [0, 0.05) is 19.7 Å². The normalized spacial score (nSPS) is 13.5. The number of hydrogen-bond acceptors (Lipinski definition) is 4. The van der Waals surface area contributed by atoms with Gasteiger partial charge in [-0.1, -0.05) is 6.92 Å². The summed E-state index contributed by atoms with van der Waals surface area (Å²) in [6.07, 6.45) is 0.985. The van der Waals surface area contributed by atoms with Crippen LogP contribution in [0, 0.1) is 0 Å². The number of hydrogen-bond donors (Lipinski definition) is 2. The molecular formula is C7H13NO4S. The molecular weight excluding hydrogens is 194 g/mol. The summed E-state index contributed by atoms with van der Waals surface area (Å²) in [5, 5.41) is 11.3. The van der Waals surface area contributed by atoms with Crippen molar-refractivity contribution >= 4 is 15.7 Å². The Morgan fingerprint density at radius 3 is 2.15 bits per heavy atom. The molecule has 13 heavy (non-hydrogen) atoms. The number of rotatable bonds is 3. The molecule has 0 heterocycles. The van der Waals surface area contributed by atoms with Crippen LogP contribution in [0.4, 0.5) is 0 Å². The molecule has 1 amide bonds. The molecule has 0 aliphatic carbocycles. The number of sulfone groups is 1. The molecule has 0 saturated heterocycles. The van der Waals surface area contributed by atoms with Gasteiger partial charge in [0.25, 0.3) is 5.91 Å². The van der Waals surface area contributed by atoms with E-state index in [0.717, 1.165) is 6.26 Å². The Hall–Kier alpha value is -1.04. The van der Waals surface area contributed by atoms with Gasteiger partial charge in [-0.15, -0.1) is 0 Å². The summed E-state index contributed by atoms with van der Waals surface area (Å²) in [7, 11) is -2.37. The number of aliphatic hydroxyl groups is 1. The number of carbonyl (C=O) groups excluding carboxylic acids is 1. The highest BCUT2D eigenvalue weighted by molar-refractivity contribution is 7.95. The molecule has 0 atom stereocenters. The molecule has 0 radical (unpaired) electrons. The van der Waals surface area contributed by atoms with E-state index in [9.17, 15) is 18.3 Å². The van der Waals surface area contributed by atoms with Crippen molar-refractivity contribution in [1.29, 1.82) is 0 Å². The van der Waals surface area contributed by atoms with E-state index in [0.29, 0.717) is 0 Å². The molecule has 0 aromatic carbocycles. The Morgan fingerprint density at radius 1 is 1.46 bits per heavy atom. The second-order valence-corrected chi connectivity index (χ2v) is 4.43. The maximum Gasteiger partial charge on any atom is 0.266 e. The van der Waals surface area contributed by atoms with Crippen LogP contribution in [0.25, 0.3) is 0 Å². The van der Waals surface area contributed by atoms with Crippen molar-refractivity contribution < 1.29 is 18.3 Å². The predicted octanol–water partition coefficient (Wildman–Crippen LogP) is -0.0434. The summed E-state index contributed by atoms with van der Waals surface area (Å²) in [5.41, 5.74) is 0. The van der Waals surface area contributed by atoms with Crippen LogP contribution < -0.4 is 5.32 Å². The van der Waals surface area contributed by atoms with Crippen LogP contribution >= 0.6 is 0 Å². The summed E-state index contributed by atoms with van der Waals surface area (Å²) >= 11 is 0. The zero-order valence-corrected chi connectivity index (χ0v) is 8.60. The third kappa shape index (κ3) is 3.06. The third-order valence-electron chi connectivity index (χ3n) is 1.40. The maximum atomic E-state index is 11.1. The van der Waals surface area contributed by atoms with Gasteiger partial charge in [-0.2, -0.15) is 0 Å². The van der Waals surface area contributed by atoms with Gasteiger partial charge in [0.15, 0.2) is 14.7 Å². The Morgan fingerprint density at radius 2 is 1.92 bits per heavy atom. The van der Waals surface area contributed by atoms with Crippen molar-refractivity contribution in [2.45, 2.75) is 13.3 Å². The maximum absolute atomic E-state index is 11.1. The molecule has 76 valence electrons. The molecule has 0 aliphatic heterocycles. The molecule has 0 unspecified atom stereocenters. The van der Waals surface area contributed by atoms with Gasteiger partial charge >= 0.3 is 0 Å². The number of amides is 1. The molecule has 0 aromatic rings. The van der Waals surface area contributed by atoms with E-state index in [1.54, 1.807) is 6.92 Å². The van der Waals surface area contributed by atoms with Crippen LogP contribution in [0.3, 0.4) is 0 Å². The molecule has 5 nitrogen and oxygen atoms in total. The number of carbonyl (C=O) groups is 1. The first-order chi connectivity index (χ1) is 5.84. The van der Waals surface area contributed by atoms with E-state index >= 15 is 0 Å². The van der Waals surface area contributed by atoms with Crippen molar-refractivity contribution in [2.24, 2.45) is 0 Å². The third-order valence-corrected chi connectivity index (χ3v) is 2.56. The standard InChI is InChI=1S/C7H13NO4S/c1-4-5(9)6(7(10)8-2)13(3,11)12/h9H,4H2,1-3H3,(H,8,10)/b6-5-. The van der Waals surface area contributed by atoms with E-state index in [1.165, 1.54) is 7.05 Å². The first kappa shape index (κ1) is 12.0. The molecule has 0 aliphatic rings. The average Bonchev–Trinajstić information content (AvgIpc) is 2.01. The second kappa shape index (κ2) is 4.27.